The Morgan fingerprint density at radius 1 is 1.25 bits per heavy atom. The maximum atomic E-state index is 12.1. The molecule has 1 aromatic rings. The number of ketones is 1. The van der Waals surface area contributed by atoms with Crippen LogP contribution < -0.4 is 0 Å². The predicted molar refractivity (Wildman–Crippen MR) is 66.5 cm³/mol. The minimum absolute atomic E-state index is 0.342. The summed E-state index contributed by atoms with van der Waals surface area (Å²) >= 11 is 0. The van der Waals surface area contributed by atoms with Crippen molar-refractivity contribution in [3.8, 4) is 0 Å². The van der Waals surface area contributed by atoms with Crippen LogP contribution in [0.4, 0.5) is 0 Å². The molecule has 0 amide bonds. The smallest absolute Gasteiger partial charge is 0.140 e. The van der Waals surface area contributed by atoms with E-state index >= 15 is 0 Å². The number of rotatable bonds is 3. The average molecular weight is 216 g/mol. The highest BCUT2D eigenvalue weighted by atomic mass is 16.1. The Hall–Kier alpha value is -1.11. The third-order valence-corrected chi connectivity index (χ3v) is 3.52. The average Bonchev–Trinajstić information content (AvgIpc) is 2.30. The summed E-state index contributed by atoms with van der Waals surface area (Å²) in [6.07, 6.45) is 6.66. The van der Waals surface area contributed by atoms with Gasteiger partial charge in [-0.25, -0.2) is 0 Å². The van der Waals surface area contributed by atoms with Gasteiger partial charge in [-0.1, -0.05) is 49.1 Å². The van der Waals surface area contributed by atoms with Crippen molar-refractivity contribution >= 4 is 5.78 Å². The lowest BCUT2D eigenvalue weighted by atomic mass is 9.84. The van der Waals surface area contributed by atoms with Gasteiger partial charge >= 0.3 is 0 Å². The molecule has 0 heterocycles. The molecule has 0 atom stereocenters. The van der Waals surface area contributed by atoms with Crippen LogP contribution in [0.2, 0.25) is 0 Å². The first-order valence-electron chi connectivity index (χ1n) is 6.34. The minimum Gasteiger partial charge on any atom is -0.299 e. The largest absolute Gasteiger partial charge is 0.299 e. The number of benzene rings is 1. The maximum absolute atomic E-state index is 12.1. The fourth-order valence-corrected chi connectivity index (χ4v) is 2.59. The van der Waals surface area contributed by atoms with Crippen molar-refractivity contribution in [2.75, 3.05) is 0 Å². The molecule has 1 saturated carbocycles. The highest BCUT2D eigenvalue weighted by Crippen LogP contribution is 2.25. The van der Waals surface area contributed by atoms with Crippen molar-refractivity contribution in [1.29, 1.82) is 0 Å². The van der Waals surface area contributed by atoms with Crippen LogP contribution in [0.5, 0.6) is 0 Å². The number of aryl methyl sites for hydroxylation is 1. The fraction of sp³-hybridized carbons (Fsp3) is 0.533. The molecule has 0 saturated heterocycles. The van der Waals surface area contributed by atoms with Crippen molar-refractivity contribution in [2.24, 2.45) is 5.92 Å². The molecule has 1 nitrogen and oxygen atoms in total. The van der Waals surface area contributed by atoms with Crippen molar-refractivity contribution in [3.05, 3.63) is 35.4 Å². The molecule has 0 aliphatic heterocycles. The van der Waals surface area contributed by atoms with Crippen molar-refractivity contribution in [2.45, 2.75) is 45.4 Å². The molecule has 2 rings (SSSR count). The van der Waals surface area contributed by atoms with Gasteiger partial charge in [-0.05, 0) is 25.3 Å². The Labute approximate surface area is 97.9 Å². The molecule has 0 unspecified atom stereocenters. The fourth-order valence-electron chi connectivity index (χ4n) is 2.59. The zero-order valence-electron chi connectivity index (χ0n) is 10.0. The van der Waals surface area contributed by atoms with Gasteiger partial charge in [0.25, 0.3) is 0 Å². The van der Waals surface area contributed by atoms with Crippen LogP contribution in [0.1, 0.15) is 43.2 Å². The Kier molecular flexibility index (Phi) is 3.76. The van der Waals surface area contributed by atoms with Crippen molar-refractivity contribution in [3.63, 3.8) is 0 Å². The molecule has 0 N–H and O–H groups in total. The highest BCUT2D eigenvalue weighted by Gasteiger charge is 2.20. The molecule has 0 radical (unpaired) electrons. The Bertz CT molecular complexity index is 361. The van der Waals surface area contributed by atoms with Crippen molar-refractivity contribution < 1.29 is 4.79 Å². The van der Waals surface area contributed by atoms with E-state index in [-0.39, 0.29) is 0 Å². The second kappa shape index (κ2) is 5.29. The summed E-state index contributed by atoms with van der Waals surface area (Å²) in [4.78, 5) is 12.1. The lowest BCUT2D eigenvalue weighted by Gasteiger charge is -2.20. The number of Topliss-reactive ketones (excluding diaryl/α,β-unsaturated/α-hetero) is 1. The molecule has 1 aromatic carbocycles. The first kappa shape index (κ1) is 11.4. The molecule has 16 heavy (non-hydrogen) atoms. The van der Waals surface area contributed by atoms with E-state index < -0.39 is 0 Å². The molecule has 1 aliphatic carbocycles. The number of hydrogen-bond donors (Lipinski definition) is 0. The third-order valence-electron chi connectivity index (χ3n) is 3.52. The number of hydrogen-bond acceptors (Lipinski definition) is 1. The molecule has 1 fully saturated rings. The quantitative estimate of drug-likeness (QED) is 0.753. The molecule has 1 aliphatic rings. The first-order valence-corrected chi connectivity index (χ1v) is 6.34. The van der Waals surface area contributed by atoms with Crippen molar-refractivity contribution in [1.82, 2.24) is 0 Å². The first-order chi connectivity index (χ1) is 7.75. The van der Waals surface area contributed by atoms with E-state index in [1.54, 1.807) is 0 Å². The summed E-state index contributed by atoms with van der Waals surface area (Å²) in [5.74, 6) is 0.791. The van der Waals surface area contributed by atoms with Gasteiger partial charge in [0.05, 0.1) is 0 Å². The van der Waals surface area contributed by atoms with Crippen LogP contribution in [0.3, 0.4) is 0 Å². The standard InChI is InChI=1S/C15H20O/c1-12-6-5-7-13(10-12)11-15(16)14-8-3-2-4-9-14/h5-7,10,14H,2-4,8-9,11H2,1H3. The second-order valence-corrected chi connectivity index (χ2v) is 4.97. The summed E-state index contributed by atoms with van der Waals surface area (Å²) in [5.41, 5.74) is 2.42. The van der Waals surface area contributed by atoms with Crippen LogP contribution in [0.25, 0.3) is 0 Å². The van der Waals surface area contributed by atoms with Gasteiger partial charge in [-0.3, -0.25) is 4.79 Å². The zero-order chi connectivity index (χ0) is 11.4. The van der Waals surface area contributed by atoms with E-state index in [1.807, 2.05) is 6.07 Å². The minimum atomic E-state index is 0.342. The third kappa shape index (κ3) is 2.94. The van der Waals surface area contributed by atoms with E-state index in [9.17, 15) is 4.79 Å². The summed E-state index contributed by atoms with van der Waals surface area (Å²) in [5, 5.41) is 0. The summed E-state index contributed by atoms with van der Waals surface area (Å²) in [6, 6.07) is 8.31. The van der Waals surface area contributed by atoms with Crippen LogP contribution in [0.15, 0.2) is 24.3 Å². The summed E-state index contributed by atoms with van der Waals surface area (Å²) < 4.78 is 0. The lowest BCUT2D eigenvalue weighted by Crippen LogP contribution is -2.19. The van der Waals surface area contributed by atoms with Crippen LogP contribution in [0, 0.1) is 12.8 Å². The van der Waals surface area contributed by atoms with E-state index in [1.165, 1.54) is 30.4 Å². The predicted octanol–water partition coefficient (Wildman–Crippen LogP) is 3.69. The molecule has 0 aromatic heterocycles. The molecule has 86 valence electrons. The van der Waals surface area contributed by atoms with Gasteiger partial charge in [-0.15, -0.1) is 0 Å². The normalized spacial score (nSPS) is 17.3. The Morgan fingerprint density at radius 2 is 2.00 bits per heavy atom. The Morgan fingerprint density at radius 3 is 2.69 bits per heavy atom. The number of carbonyl (C=O) groups excluding carboxylic acids is 1. The van der Waals surface area contributed by atoms with Gasteiger partial charge in [0.2, 0.25) is 0 Å². The van der Waals surface area contributed by atoms with Gasteiger partial charge in [-0.2, -0.15) is 0 Å². The SMILES string of the molecule is Cc1cccc(CC(=O)C2CCCCC2)c1. The molecular formula is C15H20O. The van der Waals surface area contributed by atoms with Gasteiger partial charge in [0.1, 0.15) is 5.78 Å². The van der Waals surface area contributed by atoms with E-state index in [0.29, 0.717) is 18.1 Å². The van der Waals surface area contributed by atoms with Crippen LogP contribution >= 0.6 is 0 Å². The second-order valence-electron chi connectivity index (χ2n) is 4.97. The summed E-state index contributed by atoms with van der Waals surface area (Å²) in [7, 11) is 0. The van der Waals surface area contributed by atoms with Gasteiger partial charge in [0.15, 0.2) is 0 Å². The summed E-state index contributed by atoms with van der Waals surface area (Å²) in [6.45, 7) is 2.08. The van der Waals surface area contributed by atoms with E-state index in [0.717, 1.165) is 12.8 Å². The van der Waals surface area contributed by atoms with E-state index in [2.05, 4.69) is 25.1 Å². The monoisotopic (exact) mass is 216 g/mol. The molecular weight excluding hydrogens is 196 g/mol. The Balaban J connectivity index is 1.96. The molecule has 0 spiro atoms. The van der Waals surface area contributed by atoms with Gasteiger partial charge in [0, 0.05) is 12.3 Å². The zero-order valence-corrected chi connectivity index (χ0v) is 10.0. The van der Waals surface area contributed by atoms with Crippen LogP contribution in [-0.2, 0) is 11.2 Å². The maximum Gasteiger partial charge on any atom is 0.140 e. The molecule has 0 bridgehead atoms. The topological polar surface area (TPSA) is 17.1 Å². The van der Waals surface area contributed by atoms with Gasteiger partial charge < -0.3 is 0 Å². The van der Waals surface area contributed by atoms with E-state index in [4.69, 9.17) is 0 Å². The number of carbonyl (C=O) groups is 1. The lowest BCUT2D eigenvalue weighted by molar-refractivity contribution is -0.123. The van der Waals surface area contributed by atoms with Crippen LogP contribution in [-0.4, -0.2) is 5.78 Å². The molecule has 1 heteroatoms. The highest BCUT2D eigenvalue weighted by molar-refractivity contribution is 5.83.